The molecule has 0 aromatic heterocycles. The fourth-order valence-corrected chi connectivity index (χ4v) is 5.50. The first-order valence-electron chi connectivity index (χ1n) is 13.5. The number of nitrogens with zero attached hydrogens (tertiary/aromatic N) is 3. The zero-order valence-electron chi connectivity index (χ0n) is 21.6. The van der Waals surface area contributed by atoms with E-state index < -0.39 is 0 Å². The number of allylic oxidation sites excluding steroid dienone is 1. The minimum atomic E-state index is -0.376. The van der Waals surface area contributed by atoms with Crippen molar-refractivity contribution in [2.75, 3.05) is 29.4 Å². The maximum Gasteiger partial charge on any atom is 0.269 e. The molecule has 4 rings (SSSR count). The Morgan fingerprint density at radius 1 is 1.08 bits per heavy atom. The Morgan fingerprint density at radius 3 is 2.41 bits per heavy atom. The van der Waals surface area contributed by atoms with Gasteiger partial charge in [0.25, 0.3) is 5.69 Å². The van der Waals surface area contributed by atoms with Gasteiger partial charge in [0.1, 0.15) is 0 Å². The molecule has 7 nitrogen and oxygen atoms in total. The summed E-state index contributed by atoms with van der Waals surface area (Å²) in [6.07, 6.45) is 11.7. The Labute approximate surface area is 219 Å². The molecule has 195 valence electrons. The number of carbonyl (C=O) groups is 1. The number of rotatable bonds is 9. The number of hydrogen-bond acceptors (Lipinski definition) is 5. The van der Waals surface area contributed by atoms with E-state index in [4.69, 9.17) is 0 Å². The van der Waals surface area contributed by atoms with E-state index in [1.807, 2.05) is 60.6 Å². The quantitative estimate of drug-likeness (QED) is 0.227. The van der Waals surface area contributed by atoms with Crippen molar-refractivity contribution in [3.8, 4) is 0 Å². The SMILES string of the molecule is CCC([C]=O)=Cc1cccc(N(CC2CCN(c3ccc([N+](=O)[O-])cc3)CC2)C(=O)C2CCCCC2)c1. The third-order valence-electron chi connectivity index (χ3n) is 7.74. The molecule has 1 saturated carbocycles. The molecule has 37 heavy (non-hydrogen) atoms. The Bertz CT molecular complexity index is 1110. The number of anilines is 2. The van der Waals surface area contributed by atoms with Gasteiger partial charge in [-0.25, -0.2) is 0 Å². The number of amides is 1. The highest BCUT2D eigenvalue weighted by atomic mass is 16.6. The van der Waals surface area contributed by atoms with Crippen molar-refractivity contribution in [2.24, 2.45) is 11.8 Å². The first kappa shape index (κ1) is 26.6. The minimum absolute atomic E-state index is 0.0719. The number of piperidine rings is 1. The summed E-state index contributed by atoms with van der Waals surface area (Å²) in [5, 5.41) is 11.0. The maximum atomic E-state index is 13.8. The van der Waals surface area contributed by atoms with E-state index in [1.165, 1.54) is 6.42 Å². The van der Waals surface area contributed by atoms with Crippen molar-refractivity contribution in [3.63, 3.8) is 0 Å². The highest BCUT2D eigenvalue weighted by molar-refractivity contribution is 5.95. The van der Waals surface area contributed by atoms with Gasteiger partial charge >= 0.3 is 0 Å². The van der Waals surface area contributed by atoms with Crippen LogP contribution in [0.3, 0.4) is 0 Å². The molecule has 7 heteroatoms. The smallest absolute Gasteiger partial charge is 0.269 e. The van der Waals surface area contributed by atoms with E-state index in [0.717, 1.165) is 68.6 Å². The largest absolute Gasteiger partial charge is 0.372 e. The standard InChI is InChI=1S/C30H36N3O4/c1-2-23(22-34)19-25-7-6-10-29(20-25)32(30(35)26-8-4-3-5-9-26)21-24-15-17-31(18-16-24)27-11-13-28(14-12-27)33(36)37/h6-7,10-14,19-20,24,26H,2-5,8-9,15-18,21H2,1H3. The van der Waals surface area contributed by atoms with Crippen molar-refractivity contribution < 1.29 is 14.5 Å². The molecule has 1 saturated heterocycles. The van der Waals surface area contributed by atoms with Crippen LogP contribution < -0.4 is 9.80 Å². The monoisotopic (exact) mass is 502 g/mol. The average molecular weight is 503 g/mol. The summed E-state index contributed by atoms with van der Waals surface area (Å²) in [7, 11) is 0. The molecular weight excluding hydrogens is 466 g/mol. The number of carbonyl (C=O) groups excluding carboxylic acids is 2. The summed E-state index contributed by atoms with van der Waals surface area (Å²) in [5.41, 5.74) is 3.51. The second-order valence-corrected chi connectivity index (χ2v) is 10.2. The summed E-state index contributed by atoms with van der Waals surface area (Å²) in [6.45, 7) is 4.32. The van der Waals surface area contributed by atoms with Crippen molar-refractivity contribution >= 4 is 35.3 Å². The van der Waals surface area contributed by atoms with Crippen molar-refractivity contribution in [2.45, 2.75) is 58.3 Å². The van der Waals surface area contributed by atoms with Gasteiger partial charge in [0.15, 0.2) is 0 Å². The summed E-state index contributed by atoms with van der Waals surface area (Å²) < 4.78 is 0. The first-order chi connectivity index (χ1) is 18.0. The molecular formula is C30H36N3O4. The summed E-state index contributed by atoms with van der Waals surface area (Å²) in [4.78, 5) is 39.8. The molecule has 1 amide bonds. The van der Waals surface area contributed by atoms with Crippen LogP contribution in [0.1, 0.15) is 63.9 Å². The van der Waals surface area contributed by atoms with E-state index >= 15 is 0 Å². The fourth-order valence-electron chi connectivity index (χ4n) is 5.50. The van der Waals surface area contributed by atoms with Gasteiger partial charge in [-0.2, -0.15) is 0 Å². The highest BCUT2D eigenvalue weighted by Crippen LogP contribution is 2.31. The molecule has 0 N–H and O–H groups in total. The summed E-state index contributed by atoms with van der Waals surface area (Å²) >= 11 is 0. The van der Waals surface area contributed by atoms with Gasteiger partial charge in [0.2, 0.25) is 12.2 Å². The van der Waals surface area contributed by atoms with Gasteiger partial charge in [-0.15, -0.1) is 0 Å². The van der Waals surface area contributed by atoms with Gasteiger partial charge in [-0.05, 0) is 73.9 Å². The molecule has 2 aromatic carbocycles. The predicted molar refractivity (Wildman–Crippen MR) is 147 cm³/mol. The van der Waals surface area contributed by atoms with Gasteiger partial charge in [0, 0.05) is 54.6 Å². The average Bonchev–Trinajstić information content (AvgIpc) is 2.95. The Hall–Kier alpha value is -3.48. The van der Waals surface area contributed by atoms with Crippen molar-refractivity contribution in [1.82, 2.24) is 0 Å². The lowest BCUT2D eigenvalue weighted by Gasteiger charge is -2.37. The number of hydrogen-bond donors (Lipinski definition) is 0. The van der Waals surface area contributed by atoms with E-state index in [-0.39, 0.29) is 22.4 Å². The molecule has 2 aromatic rings. The second-order valence-electron chi connectivity index (χ2n) is 10.2. The molecule has 2 fully saturated rings. The fraction of sp³-hybridized carbons (Fsp3) is 0.467. The molecule has 2 aliphatic rings. The lowest BCUT2D eigenvalue weighted by molar-refractivity contribution is -0.384. The van der Waals surface area contributed by atoms with Crippen LogP contribution in [0.2, 0.25) is 0 Å². The van der Waals surface area contributed by atoms with Crippen LogP contribution in [0, 0.1) is 22.0 Å². The molecule has 1 heterocycles. The predicted octanol–water partition coefficient (Wildman–Crippen LogP) is 6.33. The normalized spacial score (nSPS) is 17.4. The van der Waals surface area contributed by atoms with Crippen LogP contribution in [-0.4, -0.2) is 36.8 Å². The minimum Gasteiger partial charge on any atom is -0.372 e. The van der Waals surface area contributed by atoms with Gasteiger partial charge in [-0.1, -0.05) is 38.3 Å². The van der Waals surface area contributed by atoms with Gasteiger partial charge in [0.05, 0.1) is 4.92 Å². The summed E-state index contributed by atoms with van der Waals surface area (Å²) in [5.74, 6) is 0.662. The third-order valence-corrected chi connectivity index (χ3v) is 7.74. The van der Waals surface area contributed by atoms with E-state index in [2.05, 4.69) is 4.90 Å². The molecule has 0 atom stereocenters. The molecule has 0 unspecified atom stereocenters. The number of benzene rings is 2. The topological polar surface area (TPSA) is 83.8 Å². The van der Waals surface area contributed by atoms with Crippen LogP contribution >= 0.6 is 0 Å². The highest BCUT2D eigenvalue weighted by Gasteiger charge is 2.30. The lowest BCUT2D eigenvalue weighted by Crippen LogP contribution is -2.43. The zero-order valence-corrected chi connectivity index (χ0v) is 21.6. The Balaban J connectivity index is 1.49. The Morgan fingerprint density at radius 2 is 1.78 bits per heavy atom. The number of nitro benzene ring substituents is 1. The molecule has 1 aliphatic carbocycles. The molecule has 0 bridgehead atoms. The van der Waals surface area contributed by atoms with Crippen molar-refractivity contribution in [1.29, 1.82) is 0 Å². The van der Waals surface area contributed by atoms with Gasteiger partial charge < -0.3 is 9.80 Å². The molecule has 1 radical (unpaired) electrons. The zero-order chi connectivity index (χ0) is 26.2. The summed E-state index contributed by atoms with van der Waals surface area (Å²) in [6, 6.07) is 14.7. The number of non-ortho nitro benzene ring substituents is 1. The van der Waals surface area contributed by atoms with E-state index in [9.17, 15) is 19.7 Å². The van der Waals surface area contributed by atoms with Crippen molar-refractivity contribution in [3.05, 3.63) is 69.8 Å². The van der Waals surface area contributed by atoms with Crippen LogP contribution in [0.4, 0.5) is 17.1 Å². The lowest BCUT2D eigenvalue weighted by atomic mass is 9.87. The van der Waals surface area contributed by atoms with Gasteiger partial charge in [-0.3, -0.25) is 19.7 Å². The molecule has 0 spiro atoms. The first-order valence-corrected chi connectivity index (χ1v) is 13.5. The Kier molecular flexibility index (Phi) is 9.09. The number of nitro groups is 1. The second kappa shape index (κ2) is 12.7. The molecule has 1 aliphatic heterocycles. The third kappa shape index (κ3) is 6.85. The van der Waals surface area contributed by atoms with E-state index in [0.29, 0.717) is 24.5 Å². The maximum absolute atomic E-state index is 13.8. The van der Waals surface area contributed by atoms with Crippen LogP contribution in [-0.2, 0) is 9.59 Å². The van der Waals surface area contributed by atoms with E-state index in [1.54, 1.807) is 12.1 Å². The van der Waals surface area contributed by atoms with Crippen LogP contribution in [0.15, 0.2) is 54.1 Å². The van der Waals surface area contributed by atoms with Crippen LogP contribution in [0.5, 0.6) is 0 Å². The van der Waals surface area contributed by atoms with Crippen LogP contribution in [0.25, 0.3) is 6.08 Å².